The van der Waals surface area contributed by atoms with Crippen molar-refractivity contribution in [3.05, 3.63) is 0 Å². The Morgan fingerprint density at radius 1 is 1.15 bits per heavy atom. The van der Waals surface area contributed by atoms with E-state index in [-0.39, 0.29) is 0 Å². The van der Waals surface area contributed by atoms with Crippen molar-refractivity contribution in [3.63, 3.8) is 0 Å². The summed E-state index contributed by atoms with van der Waals surface area (Å²) in [5, 5.41) is 0. The standard InChI is InChI=1S/C16H26N2O2/c1-11-4-13(5-11)16(19)17-7-14-9-20-10-15(8-17)18(14)6-12-2-3-12/h11-15H,2-10H2,1H3. The first kappa shape index (κ1) is 13.1. The van der Waals surface area contributed by atoms with E-state index in [1.807, 2.05) is 0 Å². The predicted octanol–water partition coefficient (Wildman–Crippen LogP) is 1.35. The summed E-state index contributed by atoms with van der Waals surface area (Å²) in [5.41, 5.74) is 0. The Balaban J connectivity index is 1.40. The van der Waals surface area contributed by atoms with Crippen molar-refractivity contribution in [3.8, 4) is 0 Å². The Morgan fingerprint density at radius 2 is 1.80 bits per heavy atom. The molecule has 4 rings (SSSR count). The molecule has 0 spiro atoms. The van der Waals surface area contributed by atoms with Crippen LogP contribution in [-0.4, -0.2) is 60.6 Å². The van der Waals surface area contributed by atoms with E-state index < -0.39 is 0 Å². The van der Waals surface area contributed by atoms with Crippen molar-refractivity contribution < 1.29 is 9.53 Å². The van der Waals surface area contributed by atoms with E-state index in [0.29, 0.717) is 23.9 Å². The second-order valence-corrected chi connectivity index (χ2v) is 7.50. The number of hydrogen-bond donors (Lipinski definition) is 0. The normalized spacial score (nSPS) is 41.4. The van der Waals surface area contributed by atoms with Crippen molar-refractivity contribution in [2.24, 2.45) is 17.8 Å². The molecule has 4 aliphatic rings. The zero-order chi connectivity index (χ0) is 13.7. The third kappa shape index (κ3) is 2.37. The van der Waals surface area contributed by atoms with Crippen molar-refractivity contribution in [2.45, 2.75) is 44.7 Å². The SMILES string of the molecule is CC1CC(C(=O)N2CC3COCC(C2)N3CC2CC2)C1. The zero-order valence-corrected chi connectivity index (χ0v) is 12.5. The summed E-state index contributed by atoms with van der Waals surface area (Å²) in [4.78, 5) is 17.4. The molecule has 2 saturated carbocycles. The van der Waals surface area contributed by atoms with E-state index in [1.165, 1.54) is 19.4 Å². The van der Waals surface area contributed by atoms with Crippen LogP contribution in [0.2, 0.25) is 0 Å². The Hall–Kier alpha value is -0.610. The minimum atomic E-state index is 0.321. The van der Waals surface area contributed by atoms with Crippen LogP contribution < -0.4 is 0 Å². The lowest BCUT2D eigenvalue weighted by Crippen LogP contribution is -2.66. The van der Waals surface area contributed by atoms with E-state index in [4.69, 9.17) is 4.74 Å². The van der Waals surface area contributed by atoms with Crippen LogP contribution in [0.5, 0.6) is 0 Å². The minimum Gasteiger partial charge on any atom is -0.378 e. The molecule has 0 radical (unpaired) electrons. The highest BCUT2D eigenvalue weighted by atomic mass is 16.5. The van der Waals surface area contributed by atoms with E-state index in [2.05, 4.69) is 16.7 Å². The fourth-order valence-electron chi connectivity index (χ4n) is 4.17. The molecule has 2 bridgehead atoms. The molecule has 2 atom stereocenters. The molecule has 4 heteroatoms. The van der Waals surface area contributed by atoms with Crippen molar-refractivity contribution in [1.29, 1.82) is 0 Å². The molecular weight excluding hydrogens is 252 g/mol. The maximum Gasteiger partial charge on any atom is 0.225 e. The first-order valence-electron chi connectivity index (χ1n) is 8.33. The molecule has 2 aliphatic heterocycles. The van der Waals surface area contributed by atoms with Gasteiger partial charge in [-0.05, 0) is 37.5 Å². The van der Waals surface area contributed by atoms with Gasteiger partial charge in [-0.2, -0.15) is 0 Å². The van der Waals surface area contributed by atoms with Gasteiger partial charge in [0.15, 0.2) is 0 Å². The number of fused-ring (bicyclic) bond motifs is 2. The van der Waals surface area contributed by atoms with Crippen LogP contribution in [0, 0.1) is 17.8 Å². The maximum absolute atomic E-state index is 12.6. The molecule has 4 nitrogen and oxygen atoms in total. The number of carbonyl (C=O) groups is 1. The summed E-state index contributed by atoms with van der Waals surface area (Å²) < 4.78 is 5.74. The highest BCUT2D eigenvalue weighted by Crippen LogP contribution is 2.37. The van der Waals surface area contributed by atoms with E-state index in [9.17, 15) is 4.79 Å². The Labute approximate surface area is 121 Å². The molecule has 0 aromatic carbocycles. The molecule has 2 aliphatic carbocycles. The van der Waals surface area contributed by atoms with Gasteiger partial charge in [0.2, 0.25) is 5.91 Å². The van der Waals surface area contributed by atoms with Gasteiger partial charge in [-0.3, -0.25) is 9.69 Å². The molecule has 2 saturated heterocycles. The first-order chi connectivity index (χ1) is 9.70. The molecular formula is C16H26N2O2. The van der Waals surface area contributed by atoms with Crippen LogP contribution in [0.25, 0.3) is 0 Å². The van der Waals surface area contributed by atoms with Crippen molar-refractivity contribution in [1.82, 2.24) is 9.80 Å². The van der Waals surface area contributed by atoms with E-state index >= 15 is 0 Å². The van der Waals surface area contributed by atoms with Gasteiger partial charge in [-0.25, -0.2) is 0 Å². The Bertz CT molecular complexity index is 376. The summed E-state index contributed by atoms with van der Waals surface area (Å²) >= 11 is 0. The number of nitrogens with zero attached hydrogens (tertiary/aromatic N) is 2. The average molecular weight is 278 g/mol. The molecule has 1 amide bonds. The third-order valence-corrected chi connectivity index (χ3v) is 5.62. The van der Waals surface area contributed by atoms with Crippen LogP contribution >= 0.6 is 0 Å². The number of carbonyl (C=O) groups excluding carboxylic acids is 1. The van der Waals surface area contributed by atoms with Gasteiger partial charge < -0.3 is 9.64 Å². The van der Waals surface area contributed by atoms with Crippen LogP contribution in [-0.2, 0) is 9.53 Å². The monoisotopic (exact) mass is 278 g/mol. The van der Waals surface area contributed by atoms with Crippen LogP contribution in [0.4, 0.5) is 0 Å². The topological polar surface area (TPSA) is 32.8 Å². The summed E-state index contributed by atoms with van der Waals surface area (Å²) in [6.45, 7) is 6.91. The predicted molar refractivity (Wildman–Crippen MR) is 76.3 cm³/mol. The second kappa shape index (κ2) is 4.99. The smallest absolute Gasteiger partial charge is 0.225 e. The molecule has 2 unspecified atom stereocenters. The summed E-state index contributed by atoms with van der Waals surface area (Å²) in [5.74, 6) is 2.42. The molecule has 0 N–H and O–H groups in total. The van der Waals surface area contributed by atoms with Crippen LogP contribution in [0.1, 0.15) is 32.6 Å². The highest BCUT2D eigenvalue weighted by molar-refractivity contribution is 5.80. The van der Waals surface area contributed by atoms with Gasteiger partial charge in [0.1, 0.15) is 0 Å². The lowest BCUT2D eigenvalue weighted by molar-refractivity contribution is -0.153. The molecule has 2 heterocycles. The van der Waals surface area contributed by atoms with Gasteiger partial charge in [-0.1, -0.05) is 6.92 Å². The number of ether oxygens (including phenoxy) is 1. The number of hydrogen-bond acceptors (Lipinski definition) is 3. The van der Waals surface area contributed by atoms with E-state index in [0.717, 1.165) is 51.0 Å². The summed E-state index contributed by atoms with van der Waals surface area (Å²) in [7, 11) is 0. The van der Waals surface area contributed by atoms with Crippen molar-refractivity contribution >= 4 is 5.91 Å². The lowest BCUT2D eigenvalue weighted by atomic mass is 9.75. The third-order valence-electron chi connectivity index (χ3n) is 5.62. The molecule has 0 aromatic heterocycles. The van der Waals surface area contributed by atoms with Gasteiger partial charge in [0.25, 0.3) is 0 Å². The van der Waals surface area contributed by atoms with Gasteiger partial charge >= 0.3 is 0 Å². The zero-order valence-electron chi connectivity index (χ0n) is 12.5. The largest absolute Gasteiger partial charge is 0.378 e. The molecule has 112 valence electrons. The van der Waals surface area contributed by atoms with Gasteiger partial charge in [0, 0.05) is 25.6 Å². The first-order valence-corrected chi connectivity index (χ1v) is 8.33. The maximum atomic E-state index is 12.6. The lowest BCUT2D eigenvalue weighted by Gasteiger charge is -2.51. The minimum absolute atomic E-state index is 0.321. The fraction of sp³-hybridized carbons (Fsp3) is 0.938. The molecule has 20 heavy (non-hydrogen) atoms. The summed E-state index contributed by atoms with van der Waals surface area (Å²) in [6, 6.07) is 0.897. The number of morpholine rings is 1. The number of rotatable bonds is 3. The molecule has 0 aromatic rings. The number of amides is 1. The van der Waals surface area contributed by atoms with Crippen molar-refractivity contribution in [2.75, 3.05) is 32.8 Å². The van der Waals surface area contributed by atoms with E-state index in [1.54, 1.807) is 0 Å². The van der Waals surface area contributed by atoms with Crippen LogP contribution in [0.3, 0.4) is 0 Å². The van der Waals surface area contributed by atoms with Crippen LogP contribution in [0.15, 0.2) is 0 Å². The Kier molecular flexibility index (Phi) is 3.26. The number of piperazine rings is 1. The Morgan fingerprint density at radius 3 is 2.35 bits per heavy atom. The average Bonchev–Trinajstić information content (AvgIpc) is 3.18. The second-order valence-electron chi connectivity index (χ2n) is 7.50. The quantitative estimate of drug-likeness (QED) is 0.781. The summed E-state index contributed by atoms with van der Waals surface area (Å²) in [6.07, 6.45) is 5.01. The molecule has 4 fully saturated rings. The van der Waals surface area contributed by atoms with Gasteiger partial charge in [-0.15, -0.1) is 0 Å². The fourth-order valence-corrected chi connectivity index (χ4v) is 4.17. The van der Waals surface area contributed by atoms with Gasteiger partial charge in [0.05, 0.1) is 25.3 Å². The highest BCUT2D eigenvalue weighted by Gasteiger charge is 2.44.